The second kappa shape index (κ2) is 5.74. The molecule has 3 aromatic rings. The van der Waals surface area contributed by atoms with Crippen molar-refractivity contribution in [2.45, 2.75) is 12.3 Å². The summed E-state index contributed by atoms with van der Waals surface area (Å²) in [5.41, 5.74) is 3.02. The molecule has 2 N–H and O–H groups in total. The normalized spacial score (nSPS) is 12.0. The monoisotopic (exact) mass is 290 g/mol. The fourth-order valence-corrected chi connectivity index (χ4v) is 2.68. The number of fused-ring (bicyclic) bond motifs is 1. The van der Waals surface area contributed by atoms with Crippen molar-refractivity contribution in [1.29, 1.82) is 5.26 Å². The van der Waals surface area contributed by atoms with Gasteiger partial charge in [-0.25, -0.2) is 4.79 Å². The van der Waals surface area contributed by atoms with E-state index in [1.54, 1.807) is 6.07 Å². The lowest BCUT2D eigenvalue weighted by Crippen LogP contribution is -2.00. The van der Waals surface area contributed by atoms with E-state index in [1.165, 1.54) is 0 Å². The van der Waals surface area contributed by atoms with Crippen LogP contribution in [-0.4, -0.2) is 16.1 Å². The van der Waals surface area contributed by atoms with Crippen LogP contribution >= 0.6 is 0 Å². The molecule has 0 spiro atoms. The molecular formula is C18H14N2O2. The third-order valence-corrected chi connectivity index (χ3v) is 3.78. The number of rotatable bonds is 4. The highest BCUT2D eigenvalue weighted by atomic mass is 16.4. The first-order chi connectivity index (χ1) is 10.7. The summed E-state index contributed by atoms with van der Waals surface area (Å²) in [5.74, 6) is -0.999. The van der Waals surface area contributed by atoms with Gasteiger partial charge >= 0.3 is 5.97 Å². The minimum absolute atomic E-state index is 0.0211. The molecule has 2 aromatic carbocycles. The van der Waals surface area contributed by atoms with E-state index in [9.17, 15) is 4.79 Å². The van der Waals surface area contributed by atoms with Crippen LogP contribution in [0, 0.1) is 11.3 Å². The van der Waals surface area contributed by atoms with Crippen molar-refractivity contribution in [2.75, 3.05) is 0 Å². The summed E-state index contributed by atoms with van der Waals surface area (Å²) in [6, 6.07) is 19.5. The molecule has 0 aliphatic heterocycles. The fraction of sp³-hybridized carbons (Fsp3) is 0.111. The van der Waals surface area contributed by atoms with Crippen LogP contribution in [0.1, 0.15) is 34.0 Å². The number of aromatic carboxylic acids is 1. The quantitative estimate of drug-likeness (QED) is 0.764. The van der Waals surface area contributed by atoms with Gasteiger partial charge in [0.05, 0.1) is 6.07 Å². The van der Waals surface area contributed by atoms with Gasteiger partial charge in [-0.15, -0.1) is 0 Å². The number of aromatic amines is 1. The standard InChI is InChI=1S/C18H14N2O2/c19-9-8-15(12-4-2-1-3-5-12)13-6-7-14-11-17(18(21)22)20-16(14)10-13/h1-7,10-11,15,20H,8H2,(H,21,22). The zero-order valence-electron chi connectivity index (χ0n) is 11.8. The number of nitriles is 1. The average Bonchev–Trinajstić information content (AvgIpc) is 2.97. The topological polar surface area (TPSA) is 76.9 Å². The Morgan fingerprint density at radius 2 is 1.91 bits per heavy atom. The lowest BCUT2D eigenvalue weighted by atomic mass is 9.88. The number of nitrogens with zero attached hydrogens (tertiary/aromatic N) is 1. The Bertz CT molecular complexity index is 860. The third-order valence-electron chi connectivity index (χ3n) is 3.78. The number of carboxylic acid groups (broad SMARTS) is 1. The number of carboxylic acids is 1. The van der Waals surface area contributed by atoms with E-state index < -0.39 is 5.97 Å². The van der Waals surface area contributed by atoms with Crippen LogP contribution in [0.3, 0.4) is 0 Å². The molecule has 4 nitrogen and oxygen atoms in total. The van der Waals surface area contributed by atoms with Gasteiger partial charge in [0.1, 0.15) is 5.69 Å². The summed E-state index contributed by atoms with van der Waals surface area (Å²) in [4.78, 5) is 13.9. The molecule has 22 heavy (non-hydrogen) atoms. The van der Waals surface area contributed by atoms with Gasteiger partial charge in [0.2, 0.25) is 0 Å². The molecule has 1 atom stereocenters. The molecule has 3 rings (SSSR count). The van der Waals surface area contributed by atoms with Crippen molar-refractivity contribution in [3.05, 3.63) is 71.4 Å². The van der Waals surface area contributed by atoms with Crippen molar-refractivity contribution in [3.8, 4) is 6.07 Å². The minimum Gasteiger partial charge on any atom is -0.477 e. The number of H-pyrrole nitrogens is 1. The van der Waals surface area contributed by atoms with Gasteiger partial charge in [-0.2, -0.15) is 5.26 Å². The molecule has 0 saturated heterocycles. The molecule has 1 heterocycles. The average molecular weight is 290 g/mol. The number of hydrogen-bond donors (Lipinski definition) is 2. The van der Waals surface area contributed by atoms with Gasteiger partial charge in [0.25, 0.3) is 0 Å². The van der Waals surface area contributed by atoms with Crippen molar-refractivity contribution < 1.29 is 9.90 Å². The SMILES string of the molecule is N#CCC(c1ccccc1)c1ccc2cc(C(=O)O)[nH]c2c1. The van der Waals surface area contributed by atoms with Gasteiger partial charge in [0.15, 0.2) is 0 Å². The number of aromatic nitrogens is 1. The van der Waals surface area contributed by atoms with Gasteiger partial charge in [-0.3, -0.25) is 0 Å². The lowest BCUT2D eigenvalue weighted by molar-refractivity contribution is 0.0691. The summed E-state index contributed by atoms with van der Waals surface area (Å²) >= 11 is 0. The van der Waals surface area contributed by atoms with E-state index in [0.29, 0.717) is 6.42 Å². The minimum atomic E-state index is -0.977. The molecule has 1 unspecified atom stereocenters. The highest BCUT2D eigenvalue weighted by molar-refractivity contribution is 5.93. The van der Waals surface area contributed by atoms with Crippen LogP contribution < -0.4 is 0 Å². The van der Waals surface area contributed by atoms with Gasteiger partial charge in [-0.1, -0.05) is 42.5 Å². The third kappa shape index (κ3) is 2.57. The summed E-state index contributed by atoms with van der Waals surface area (Å²) in [5, 5.41) is 19.0. The highest BCUT2D eigenvalue weighted by Crippen LogP contribution is 2.30. The van der Waals surface area contributed by atoms with E-state index in [-0.39, 0.29) is 11.6 Å². The largest absolute Gasteiger partial charge is 0.477 e. The number of hydrogen-bond acceptors (Lipinski definition) is 2. The summed E-state index contributed by atoms with van der Waals surface area (Å²) in [7, 11) is 0. The molecule has 0 aliphatic carbocycles. The predicted octanol–water partition coefficient (Wildman–Crippen LogP) is 3.91. The first kappa shape index (κ1) is 13.9. The molecular weight excluding hydrogens is 276 g/mol. The summed E-state index contributed by atoms with van der Waals surface area (Å²) in [6.45, 7) is 0. The summed E-state index contributed by atoms with van der Waals surface area (Å²) in [6.07, 6.45) is 0.377. The van der Waals surface area contributed by atoms with E-state index in [1.807, 2.05) is 48.5 Å². The predicted molar refractivity (Wildman–Crippen MR) is 83.8 cm³/mol. The zero-order chi connectivity index (χ0) is 15.5. The van der Waals surface area contributed by atoms with Crippen molar-refractivity contribution in [3.63, 3.8) is 0 Å². The Hall–Kier alpha value is -3.06. The van der Waals surface area contributed by atoms with Crippen LogP contribution in [0.15, 0.2) is 54.6 Å². The molecule has 0 fully saturated rings. The molecule has 1 aromatic heterocycles. The number of benzene rings is 2. The Labute approximate surface area is 127 Å². The van der Waals surface area contributed by atoms with Crippen molar-refractivity contribution in [2.24, 2.45) is 0 Å². The van der Waals surface area contributed by atoms with Gasteiger partial charge < -0.3 is 10.1 Å². The van der Waals surface area contributed by atoms with E-state index in [0.717, 1.165) is 22.0 Å². The van der Waals surface area contributed by atoms with Crippen LogP contribution in [-0.2, 0) is 0 Å². The summed E-state index contributed by atoms with van der Waals surface area (Å²) < 4.78 is 0. The highest BCUT2D eigenvalue weighted by Gasteiger charge is 2.15. The first-order valence-electron chi connectivity index (χ1n) is 6.97. The molecule has 0 bridgehead atoms. The molecule has 4 heteroatoms. The van der Waals surface area contributed by atoms with E-state index in [4.69, 9.17) is 10.4 Å². The van der Waals surface area contributed by atoms with E-state index >= 15 is 0 Å². The number of carbonyl (C=O) groups is 1. The fourth-order valence-electron chi connectivity index (χ4n) is 2.68. The number of nitrogens with one attached hydrogen (secondary N) is 1. The molecule has 0 aliphatic rings. The maximum atomic E-state index is 11.0. The zero-order valence-corrected chi connectivity index (χ0v) is 11.8. The first-order valence-corrected chi connectivity index (χ1v) is 6.97. The van der Waals surface area contributed by atoms with Gasteiger partial charge in [0, 0.05) is 23.2 Å². The lowest BCUT2D eigenvalue weighted by Gasteiger charge is -2.14. The van der Waals surface area contributed by atoms with Crippen LogP contribution in [0.4, 0.5) is 0 Å². The maximum Gasteiger partial charge on any atom is 0.352 e. The van der Waals surface area contributed by atoms with Crippen LogP contribution in [0.5, 0.6) is 0 Å². The maximum absolute atomic E-state index is 11.0. The Morgan fingerprint density at radius 1 is 1.14 bits per heavy atom. The molecule has 0 radical (unpaired) electrons. The Morgan fingerprint density at radius 3 is 2.59 bits per heavy atom. The van der Waals surface area contributed by atoms with Crippen molar-refractivity contribution in [1.82, 2.24) is 4.98 Å². The Kier molecular flexibility index (Phi) is 3.63. The smallest absolute Gasteiger partial charge is 0.352 e. The molecule has 0 saturated carbocycles. The molecule has 0 amide bonds. The van der Waals surface area contributed by atoms with Crippen LogP contribution in [0.25, 0.3) is 10.9 Å². The van der Waals surface area contributed by atoms with Crippen LogP contribution in [0.2, 0.25) is 0 Å². The van der Waals surface area contributed by atoms with Gasteiger partial charge in [-0.05, 0) is 23.3 Å². The second-order valence-corrected chi connectivity index (χ2v) is 5.16. The van der Waals surface area contributed by atoms with Crippen molar-refractivity contribution >= 4 is 16.9 Å². The second-order valence-electron chi connectivity index (χ2n) is 5.16. The Balaban J connectivity index is 2.06. The van der Waals surface area contributed by atoms with E-state index in [2.05, 4.69) is 11.1 Å². The molecule has 108 valence electrons.